The first-order valence-electron chi connectivity index (χ1n) is 4.83. The molecule has 16 heavy (non-hydrogen) atoms. The molecule has 1 unspecified atom stereocenters. The van der Waals surface area contributed by atoms with Crippen molar-refractivity contribution >= 4 is 17.2 Å². The molecule has 2 heterocycles. The highest BCUT2D eigenvalue weighted by Crippen LogP contribution is 2.23. The maximum atomic E-state index is 5.90. The number of hydrogen-bond acceptors (Lipinski definition) is 6. The van der Waals surface area contributed by atoms with Gasteiger partial charge in [-0.1, -0.05) is 0 Å². The molecule has 0 bridgehead atoms. The molecule has 0 radical (unpaired) electrons. The average molecular weight is 238 g/mol. The number of nitrogens with one attached hydrogen (secondary N) is 1. The fraction of sp³-hybridized carbons (Fsp3) is 0.333. The van der Waals surface area contributed by atoms with E-state index in [-0.39, 0.29) is 6.04 Å². The van der Waals surface area contributed by atoms with Crippen LogP contribution in [0.5, 0.6) is 0 Å². The van der Waals surface area contributed by atoms with Gasteiger partial charge in [-0.25, -0.2) is 0 Å². The van der Waals surface area contributed by atoms with Crippen LogP contribution >= 0.6 is 11.3 Å². The number of nitrogens with two attached hydrogens (primary N) is 2. The molecule has 2 rings (SSSR count). The lowest BCUT2D eigenvalue weighted by Crippen LogP contribution is -2.29. The van der Waals surface area contributed by atoms with Crippen molar-refractivity contribution in [2.45, 2.75) is 12.5 Å². The monoisotopic (exact) mass is 238 g/mol. The molecule has 2 aromatic heterocycles. The summed E-state index contributed by atoms with van der Waals surface area (Å²) in [5, 5.41) is 4.10. The van der Waals surface area contributed by atoms with Gasteiger partial charge in [0.2, 0.25) is 0 Å². The van der Waals surface area contributed by atoms with E-state index in [4.69, 9.17) is 11.6 Å². The zero-order valence-corrected chi connectivity index (χ0v) is 9.74. The second-order valence-corrected chi connectivity index (χ2v) is 4.47. The Labute approximate surface area is 97.3 Å². The highest BCUT2D eigenvalue weighted by Gasteiger charge is 2.17. The van der Waals surface area contributed by atoms with E-state index in [0.717, 1.165) is 16.9 Å². The number of anilines is 1. The highest BCUT2D eigenvalue weighted by atomic mass is 32.1. The van der Waals surface area contributed by atoms with Gasteiger partial charge < -0.3 is 5.73 Å². The van der Waals surface area contributed by atoms with Crippen LogP contribution < -0.4 is 17.0 Å². The number of nitrogens with zero attached hydrogens (tertiary/aromatic N) is 3. The zero-order chi connectivity index (χ0) is 11.5. The summed E-state index contributed by atoms with van der Waals surface area (Å²) in [6.07, 6.45) is 4.33. The SMILES string of the molecule is Cn1ncc(C(Cc2cncs2)NN)c1N. The Morgan fingerprint density at radius 3 is 2.88 bits per heavy atom. The molecule has 0 fully saturated rings. The minimum atomic E-state index is -0.0332. The van der Waals surface area contributed by atoms with Crippen LogP contribution in [0.1, 0.15) is 16.5 Å². The summed E-state index contributed by atoms with van der Waals surface area (Å²) >= 11 is 1.60. The van der Waals surface area contributed by atoms with Gasteiger partial charge in [-0.2, -0.15) is 5.10 Å². The first-order valence-corrected chi connectivity index (χ1v) is 5.71. The van der Waals surface area contributed by atoms with E-state index < -0.39 is 0 Å². The molecule has 0 aliphatic heterocycles. The maximum absolute atomic E-state index is 5.90. The molecule has 0 aliphatic carbocycles. The molecule has 6 nitrogen and oxygen atoms in total. The van der Waals surface area contributed by atoms with E-state index in [2.05, 4.69) is 15.5 Å². The van der Waals surface area contributed by atoms with Crippen LogP contribution in [0.4, 0.5) is 5.82 Å². The summed E-state index contributed by atoms with van der Waals surface area (Å²) in [6.45, 7) is 0. The zero-order valence-electron chi connectivity index (χ0n) is 8.92. The van der Waals surface area contributed by atoms with E-state index in [1.165, 1.54) is 0 Å². The summed E-state index contributed by atoms with van der Waals surface area (Å²) in [4.78, 5) is 5.19. The number of hydrazine groups is 1. The van der Waals surface area contributed by atoms with E-state index in [0.29, 0.717) is 5.82 Å². The molecular formula is C9H14N6S. The second kappa shape index (κ2) is 4.60. The molecule has 7 heteroatoms. The van der Waals surface area contributed by atoms with E-state index in [9.17, 15) is 0 Å². The predicted octanol–water partition coefficient (Wildman–Crippen LogP) is 0.206. The van der Waals surface area contributed by atoms with Crippen LogP contribution in [-0.2, 0) is 13.5 Å². The van der Waals surface area contributed by atoms with Crippen molar-refractivity contribution in [3.05, 3.63) is 28.3 Å². The fourth-order valence-corrected chi connectivity index (χ4v) is 2.18. The molecule has 0 aliphatic rings. The third-order valence-electron chi connectivity index (χ3n) is 2.48. The van der Waals surface area contributed by atoms with Crippen molar-refractivity contribution in [2.75, 3.05) is 5.73 Å². The Morgan fingerprint density at radius 1 is 1.56 bits per heavy atom. The molecule has 0 spiro atoms. The Bertz CT molecular complexity index is 449. The molecule has 0 saturated heterocycles. The maximum Gasteiger partial charge on any atom is 0.126 e. The van der Waals surface area contributed by atoms with E-state index >= 15 is 0 Å². The normalized spacial score (nSPS) is 12.9. The Morgan fingerprint density at radius 2 is 2.38 bits per heavy atom. The summed E-state index contributed by atoms with van der Waals surface area (Å²) in [5.74, 6) is 6.17. The third kappa shape index (κ3) is 2.06. The van der Waals surface area contributed by atoms with Crippen LogP contribution in [0.2, 0.25) is 0 Å². The lowest BCUT2D eigenvalue weighted by Gasteiger charge is -2.13. The van der Waals surface area contributed by atoms with Gasteiger partial charge in [-0.05, 0) is 0 Å². The Hall–Kier alpha value is -1.44. The van der Waals surface area contributed by atoms with Gasteiger partial charge >= 0.3 is 0 Å². The molecule has 2 aromatic rings. The number of nitrogen functional groups attached to an aromatic ring is 1. The van der Waals surface area contributed by atoms with Gasteiger partial charge in [0.15, 0.2) is 0 Å². The number of rotatable bonds is 4. The molecule has 0 saturated carbocycles. The van der Waals surface area contributed by atoms with Gasteiger partial charge in [-0.15, -0.1) is 11.3 Å². The predicted molar refractivity (Wildman–Crippen MR) is 63.5 cm³/mol. The Balaban J connectivity index is 2.20. The minimum absolute atomic E-state index is 0.0332. The summed E-state index contributed by atoms with van der Waals surface area (Å²) in [5.41, 5.74) is 11.4. The van der Waals surface area contributed by atoms with Crippen LogP contribution in [0.15, 0.2) is 17.9 Å². The number of aromatic nitrogens is 3. The first-order chi connectivity index (χ1) is 7.72. The average Bonchev–Trinajstić information content (AvgIpc) is 2.88. The second-order valence-electron chi connectivity index (χ2n) is 3.50. The minimum Gasteiger partial charge on any atom is -0.384 e. The van der Waals surface area contributed by atoms with Crippen molar-refractivity contribution in [1.82, 2.24) is 20.2 Å². The molecule has 86 valence electrons. The summed E-state index contributed by atoms with van der Waals surface area (Å²) in [6, 6.07) is -0.0332. The van der Waals surface area contributed by atoms with Crippen molar-refractivity contribution in [3.8, 4) is 0 Å². The van der Waals surface area contributed by atoms with Gasteiger partial charge in [0.05, 0.1) is 17.7 Å². The lowest BCUT2D eigenvalue weighted by atomic mass is 10.1. The van der Waals surface area contributed by atoms with Crippen LogP contribution in [-0.4, -0.2) is 14.8 Å². The largest absolute Gasteiger partial charge is 0.384 e. The summed E-state index contributed by atoms with van der Waals surface area (Å²) in [7, 11) is 1.80. The number of thiazole rings is 1. The van der Waals surface area contributed by atoms with Crippen LogP contribution in [0, 0.1) is 0 Å². The molecular weight excluding hydrogens is 224 g/mol. The topological polar surface area (TPSA) is 94.8 Å². The van der Waals surface area contributed by atoms with Crippen molar-refractivity contribution in [1.29, 1.82) is 0 Å². The van der Waals surface area contributed by atoms with Crippen molar-refractivity contribution < 1.29 is 0 Å². The number of aryl methyl sites for hydroxylation is 1. The van der Waals surface area contributed by atoms with Gasteiger partial charge in [0, 0.05) is 30.1 Å². The standard InChI is InChI=1S/C9H14N6S/c1-15-9(10)7(4-13-15)8(14-11)2-6-3-12-5-16-6/h3-5,8,14H,2,10-11H2,1H3. The van der Waals surface area contributed by atoms with E-state index in [1.807, 2.05) is 6.20 Å². The number of hydrogen-bond donors (Lipinski definition) is 3. The van der Waals surface area contributed by atoms with Crippen LogP contribution in [0.3, 0.4) is 0 Å². The molecule has 0 aromatic carbocycles. The first kappa shape index (κ1) is 11.1. The quantitative estimate of drug-likeness (QED) is 0.522. The fourth-order valence-electron chi connectivity index (χ4n) is 1.54. The Kier molecular flexibility index (Phi) is 3.18. The smallest absolute Gasteiger partial charge is 0.126 e. The van der Waals surface area contributed by atoms with Gasteiger partial charge in [0.1, 0.15) is 5.82 Å². The van der Waals surface area contributed by atoms with E-state index in [1.54, 1.807) is 34.8 Å². The summed E-state index contributed by atoms with van der Waals surface area (Å²) < 4.78 is 1.63. The highest BCUT2D eigenvalue weighted by molar-refractivity contribution is 7.09. The van der Waals surface area contributed by atoms with Crippen molar-refractivity contribution in [2.24, 2.45) is 12.9 Å². The van der Waals surface area contributed by atoms with Gasteiger partial charge in [-0.3, -0.25) is 20.9 Å². The van der Waals surface area contributed by atoms with Crippen LogP contribution in [0.25, 0.3) is 0 Å². The molecule has 1 atom stereocenters. The molecule has 0 amide bonds. The van der Waals surface area contributed by atoms with Gasteiger partial charge in [0.25, 0.3) is 0 Å². The third-order valence-corrected chi connectivity index (χ3v) is 3.28. The van der Waals surface area contributed by atoms with Crippen molar-refractivity contribution in [3.63, 3.8) is 0 Å². The lowest BCUT2D eigenvalue weighted by molar-refractivity contribution is 0.556. The molecule has 5 N–H and O–H groups in total.